The van der Waals surface area contributed by atoms with Gasteiger partial charge < -0.3 is 5.32 Å². The number of sulfonamides is 1. The van der Waals surface area contributed by atoms with Crippen molar-refractivity contribution in [2.75, 3.05) is 18.4 Å². The van der Waals surface area contributed by atoms with Crippen LogP contribution in [-0.4, -0.2) is 36.7 Å². The maximum atomic E-state index is 12.5. The zero-order chi connectivity index (χ0) is 19.4. The fraction of sp³-hybridized carbons (Fsp3) is 0.200. The molecule has 0 spiro atoms. The molecule has 6 nitrogen and oxygen atoms in total. The van der Waals surface area contributed by atoms with Gasteiger partial charge in [0.2, 0.25) is 10.0 Å². The van der Waals surface area contributed by atoms with Crippen molar-refractivity contribution >= 4 is 32.5 Å². The Kier molecular flexibility index (Phi) is 5.53. The van der Waals surface area contributed by atoms with E-state index < -0.39 is 10.0 Å². The minimum atomic E-state index is -3.54. The number of pyridine rings is 1. The zero-order valence-electron chi connectivity index (χ0n) is 15.2. The molecule has 1 amide bonds. The first-order valence-electron chi connectivity index (χ1n) is 8.72. The highest BCUT2D eigenvalue weighted by molar-refractivity contribution is 7.89. The van der Waals surface area contributed by atoms with Crippen molar-refractivity contribution in [3.63, 3.8) is 0 Å². The van der Waals surface area contributed by atoms with E-state index in [0.717, 1.165) is 10.9 Å². The number of aromatic nitrogens is 1. The molecule has 0 saturated heterocycles. The summed E-state index contributed by atoms with van der Waals surface area (Å²) in [5, 5.41) is 3.72. The van der Waals surface area contributed by atoms with Crippen molar-refractivity contribution in [1.82, 2.24) is 9.29 Å². The van der Waals surface area contributed by atoms with E-state index in [1.807, 2.05) is 30.3 Å². The van der Waals surface area contributed by atoms with Crippen molar-refractivity contribution in [3.8, 4) is 0 Å². The molecule has 0 atom stereocenters. The topological polar surface area (TPSA) is 79.4 Å². The number of rotatable bonds is 6. The van der Waals surface area contributed by atoms with E-state index in [1.165, 1.54) is 28.6 Å². The lowest BCUT2D eigenvalue weighted by molar-refractivity contribution is 0.102. The maximum Gasteiger partial charge on any atom is 0.255 e. The summed E-state index contributed by atoms with van der Waals surface area (Å²) in [6.45, 7) is 4.38. The normalized spacial score (nSPS) is 11.7. The lowest BCUT2D eigenvalue weighted by atomic mass is 10.2. The van der Waals surface area contributed by atoms with E-state index in [1.54, 1.807) is 20.0 Å². The number of carbonyl (C=O) groups excluding carboxylic acids is 1. The van der Waals surface area contributed by atoms with Gasteiger partial charge in [-0.15, -0.1) is 0 Å². The largest absolute Gasteiger partial charge is 0.321 e. The first-order valence-corrected chi connectivity index (χ1v) is 10.2. The smallest absolute Gasteiger partial charge is 0.255 e. The van der Waals surface area contributed by atoms with Gasteiger partial charge in [-0.05, 0) is 36.4 Å². The highest BCUT2D eigenvalue weighted by Crippen LogP contribution is 2.19. The highest BCUT2D eigenvalue weighted by atomic mass is 32.2. The number of hydrogen-bond donors (Lipinski definition) is 1. The predicted molar refractivity (Wildman–Crippen MR) is 106 cm³/mol. The number of para-hydroxylation sites is 1. The molecular weight excluding hydrogens is 362 g/mol. The fourth-order valence-electron chi connectivity index (χ4n) is 2.83. The lowest BCUT2D eigenvalue weighted by Gasteiger charge is -2.18. The summed E-state index contributed by atoms with van der Waals surface area (Å²) in [7, 11) is -3.54. The van der Waals surface area contributed by atoms with Crippen LogP contribution in [0.3, 0.4) is 0 Å². The van der Waals surface area contributed by atoms with Gasteiger partial charge in [-0.1, -0.05) is 32.0 Å². The quantitative estimate of drug-likeness (QED) is 0.706. The summed E-state index contributed by atoms with van der Waals surface area (Å²) in [5.41, 5.74) is 1.81. The SMILES string of the molecule is CCN(CC)S(=O)(=O)c1ccc(C(=O)Nc2cnc3ccccc3c2)cc1. The Hall–Kier alpha value is -2.77. The lowest BCUT2D eigenvalue weighted by Crippen LogP contribution is -2.30. The Balaban J connectivity index is 1.79. The van der Waals surface area contributed by atoms with Gasteiger partial charge in [-0.3, -0.25) is 9.78 Å². The summed E-state index contributed by atoms with van der Waals surface area (Å²) in [4.78, 5) is 16.9. The van der Waals surface area contributed by atoms with Crippen LogP contribution in [0.1, 0.15) is 24.2 Å². The summed E-state index contributed by atoms with van der Waals surface area (Å²) < 4.78 is 26.4. The third kappa shape index (κ3) is 3.99. The molecule has 0 aliphatic carbocycles. The Morgan fingerprint density at radius 1 is 1.04 bits per heavy atom. The molecule has 0 unspecified atom stereocenters. The van der Waals surface area contributed by atoms with Crippen LogP contribution in [0.25, 0.3) is 10.9 Å². The molecule has 1 aromatic heterocycles. The van der Waals surface area contributed by atoms with Gasteiger partial charge in [0, 0.05) is 24.0 Å². The number of benzene rings is 2. The minimum absolute atomic E-state index is 0.176. The molecule has 0 aliphatic heterocycles. The van der Waals surface area contributed by atoms with Crippen LogP contribution in [0, 0.1) is 0 Å². The van der Waals surface area contributed by atoms with Gasteiger partial charge in [0.05, 0.1) is 22.3 Å². The van der Waals surface area contributed by atoms with E-state index in [4.69, 9.17) is 0 Å². The molecule has 0 aliphatic rings. The third-order valence-electron chi connectivity index (χ3n) is 4.31. The van der Waals surface area contributed by atoms with E-state index in [-0.39, 0.29) is 10.8 Å². The summed E-state index contributed by atoms with van der Waals surface area (Å²) in [6.07, 6.45) is 1.60. The summed E-state index contributed by atoms with van der Waals surface area (Å²) in [6, 6.07) is 15.4. The number of amides is 1. The number of fused-ring (bicyclic) bond motifs is 1. The fourth-order valence-corrected chi connectivity index (χ4v) is 4.29. The van der Waals surface area contributed by atoms with Crippen LogP contribution in [-0.2, 0) is 10.0 Å². The van der Waals surface area contributed by atoms with E-state index in [0.29, 0.717) is 24.3 Å². The second-order valence-electron chi connectivity index (χ2n) is 5.98. The van der Waals surface area contributed by atoms with Crippen LogP contribution in [0.4, 0.5) is 5.69 Å². The van der Waals surface area contributed by atoms with Gasteiger partial charge in [0.25, 0.3) is 5.91 Å². The molecule has 1 heterocycles. The highest BCUT2D eigenvalue weighted by Gasteiger charge is 2.21. The zero-order valence-corrected chi connectivity index (χ0v) is 16.0. The molecule has 3 rings (SSSR count). The molecule has 2 aromatic carbocycles. The minimum Gasteiger partial charge on any atom is -0.321 e. The second-order valence-corrected chi connectivity index (χ2v) is 7.92. The monoisotopic (exact) mass is 383 g/mol. The van der Waals surface area contributed by atoms with E-state index >= 15 is 0 Å². The van der Waals surface area contributed by atoms with Crippen LogP contribution >= 0.6 is 0 Å². The second kappa shape index (κ2) is 7.85. The number of nitrogens with one attached hydrogen (secondary N) is 1. The Labute approximate surface area is 158 Å². The molecular formula is C20H21N3O3S. The molecule has 27 heavy (non-hydrogen) atoms. The number of hydrogen-bond acceptors (Lipinski definition) is 4. The molecule has 0 radical (unpaired) electrons. The van der Waals surface area contributed by atoms with Gasteiger partial charge in [0.15, 0.2) is 0 Å². The maximum absolute atomic E-state index is 12.5. The first kappa shape index (κ1) is 19.0. The first-order chi connectivity index (χ1) is 13.0. The average molecular weight is 383 g/mol. The molecule has 1 N–H and O–H groups in total. The molecule has 0 saturated carbocycles. The van der Waals surface area contributed by atoms with Crippen molar-refractivity contribution in [1.29, 1.82) is 0 Å². The number of nitrogens with zero attached hydrogens (tertiary/aromatic N) is 2. The van der Waals surface area contributed by atoms with Crippen LogP contribution in [0.5, 0.6) is 0 Å². The molecule has 3 aromatic rings. The van der Waals surface area contributed by atoms with Crippen LogP contribution in [0.15, 0.2) is 65.7 Å². The summed E-state index contributed by atoms with van der Waals surface area (Å²) in [5.74, 6) is -0.320. The van der Waals surface area contributed by atoms with E-state index in [2.05, 4.69) is 10.3 Å². The third-order valence-corrected chi connectivity index (χ3v) is 6.37. The van der Waals surface area contributed by atoms with Gasteiger partial charge in [-0.2, -0.15) is 4.31 Å². The average Bonchev–Trinajstić information content (AvgIpc) is 2.68. The molecule has 0 fully saturated rings. The number of anilines is 1. The van der Waals surface area contributed by atoms with Crippen molar-refractivity contribution in [2.24, 2.45) is 0 Å². The Morgan fingerprint density at radius 3 is 2.37 bits per heavy atom. The van der Waals surface area contributed by atoms with Crippen molar-refractivity contribution in [2.45, 2.75) is 18.7 Å². The molecule has 0 bridgehead atoms. The standard InChI is InChI=1S/C20H21N3O3S/c1-3-23(4-2)27(25,26)18-11-9-15(10-12-18)20(24)22-17-13-16-7-5-6-8-19(16)21-14-17/h5-14H,3-4H2,1-2H3,(H,22,24). The van der Waals surface area contributed by atoms with E-state index in [9.17, 15) is 13.2 Å². The van der Waals surface area contributed by atoms with Crippen LogP contribution in [0.2, 0.25) is 0 Å². The van der Waals surface area contributed by atoms with Crippen molar-refractivity contribution in [3.05, 3.63) is 66.4 Å². The Morgan fingerprint density at radius 2 is 1.70 bits per heavy atom. The predicted octanol–water partition coefficient (Wildman–Crippen LogP) is 3.52. The van der Waals surface area contributed by atoms with Crippen molar-refractivity contribution < 1.29 is 13.2 Å². The van der Waals surface area contributed by atoms with Gasteiger partial charge in [-0.25, -0.2) is 8.42 Å². The van der Waals surface area contributed by atoms with Gasteiger partial charge >= 0.3 is 0 Å². The summed E-state index contributed by atoms with van der Waals surface area (Å²) >= 11 is 0. The van der Waals surface area contributed by atoms with Gasteiger partial charge in [0.1, 0.15) is 0 Å². The Bertz CT molecular complexity index is 1060. The molecule has 7 heteroatoms. The number of carbonyl (C=O) groups is 1. The molecule has 140 valence electrons. The van der Waals surface area contributed by atoms with Crippen LogP contribution < -0.4 is 5.32 Å².